The lowest BCUT2D eigenvalue weighted by Gasteiger charge is -2.50. The number of aromatic nitrogens is 1. The number of rotatable bonds is 8. The summed E-state index contributed by atoms with van der Waals surface area (Å²) in [7, 11) is 1.21. The summed E-state index contributed by atoms with van der Waals surface area (Å²) in [6, 6.07) is 17.8. The van der Waals surface area contributed by atoms with Crippen LogP contribution in [-0.2, 0) is 30.8 Å². The van der Waals surface area contributed by atoms with Crippen molar-refractivity contribution in [1.29, 1.82) is 0 Å². The number of ether oxygens (including phenoxy) is 1. The largest absolute Gasteiger partial charge is 0.504 e. The molecule has 2 saturated heterocycles. The van der Waals surface area contributed by atoms with Crippen LogP contribution in [0.3, 0.4) is 0 Å². The van der Waals surface area contributed by atoms with Crippen molar-refractivity contribution in [3.63, 3.8) is 0 Å². The van der Waals surface area contributed by atoms with E-state index in [2.05, 4.69) is 10.4 Å². The van der Waals surface area contributed by atoms with Gasteiger partial charge in [-0.25, -0.2) is 9.37 Å². The molecule has 17 heteroatoms. The number of anilines is 2. The molecule has 0 unspecified atom stereocenters. The summed E-state index contributed by atoms with van der Waals surface area (Å²) >= 11 is 12.6. The van der Waals surface area contributed by atoms with Crippen molar-refractivity contribution in [3.8, 4) is 11.5 Å². The van der Waals surface area contributed by atoms with Crippen LogP contribution in [0, 0.1) is 29.5 Å². The second-order valence-corrected chi connectivity index (χ2v) is 15.4. The Labute approximate surface area is 338 Å². The molecule has 1 saturated carbocycles. The highest BCUT2D eigenvalue weighted by atomic mass is 35.5. The van der Waals surface area contributed by atoms with Gasteiger partial charge in [-0.05, 0) is 85.8 Å². The van der Waals surface area contributed by atoms with Crippen LogP contribution in [0.15, 0.2) is 90.5 Å². The van der Waals surface area contributed by atoms with Gasteiger partial charge in [0.25, 0.3) is 23.6 Å². The Morgan fingerprint density at radius 2 is 1.66 bits per heavy atom. The van der Waals surface area contributed by atoms with Crippen LogP contribution in [0.1, 0.15) is 42.5 Å². The predicted octanol–water partition coefficient (Wildman–Crippen LogP) is 7.69. The van der Waals surface area contributed by atoms with Crippen LogP contribution in [0.4, 0.5) is 29.1 Å². The second-order valence-electron chi connectivity index (χ2n) is 14.5. The second kappa shape index (κ2) is 14.3. The number of hydrazine groups is 2. The molecule has 1 aromatic heterocycles. The molecule has 3 aromatic carbocycles. The van der Waals surface area contributed by atoms with Crippen LogP contribution >= 0.6 is 23.2 Å². The van der Waals surface area contributed by atoms with Crippen LogP contribution < -0.4 is 15.2 Å². The molecule has 4 aromatic rings. The number of fused-ring (bicyclic) bond motifs is 4. The number of carbonyl (C=O) groups excluding carboxylic acids is 4. The molecular formula is C41H33Cl2F4N5O6. The van der Waals surface area contributed by atoms with E-state index >= 15 is 4.79 Å². The topological polar surface area (TPSA) is 132 Å². The fourth-order valence-electron chi connectivity index (χ4n) is 9.23. The first kappa shape index (κ1) is 39.2. The van der Waals surface area contributed by atoms with Crippen LogP contribution in [0.5, 0.6) is 11.5 Å². The third-order valence-corrected chi connectivity index (χ3v) is 12.1. The minimum absolute atomic E-state index is 0.0291. The number of phenolic OH excluding ortho intramolecular Hbond substituents is 1. The molecule has 4 aliphatic rings. The first-order valence-corrected chi connectivity index (χ1v) is 19.0. The average molecular weight is 839 g/mol. The molecule has 0 bridgehead atoms. The summed E-state index contributed by atoms with van der Waals surface area (Å²) in [6.07, 6.45) is -3.27. The molecule has 3 heterocycles. The number of hydrogen-bond acceptors (Lipinski definition) is 9. The Bertz CT molecular complexity index is 2400. The summed E-state index contributed by atoms with van der Waals surface area (Å²) in [6.45, 7) is 1.91. The molecule has 2 aliphatic carbocycles. The molecule has 4 amide bonds. The number of hydrogen-bond donors (Lipinski definition) is 2. The fourth-order valence-corrected chi connectivity index (χ4v) is 9.59. The van der Waals surface area contributed by atoms with Crippen LogP contribution in [-0.4, -0.2) is 57.4 Å². The molecule has 2 N–H and O–H groups in total. The Morgan fingerprint density at radius 1 is 0.948 bits per heavy atom. The van der Waals surface area contributed by atoms with Gasteiger partial charge in [-0.15, -0.1) is 0 Å². The lowest BCUT2D eigenvalue weighted by molar-refractivity contribution is -0.142. The summed E-state index contributed by atoms with van der Waals surface area (Å²) in [5, 5.41) is 14.5. The minimum Gasteiger partial charge on any atom is -0.504 e. The van der Waals surface area contributed by atoms with E-state index in [0.29, 0.717) is 22.2 Å². The number of alkyl halides is 3. The van der Waals surface area contributed by atoms with Crippen molar-refractivity contribution in [3.05, 3.63) is 123 Å². The highest BCUT2D eigenvalue weighted by molar-refractivity contribution is 6.33. The monoisotopic (exact) mass is 837 g/mol. The Hall–Kier alpha value is -5.67. The first-order valence-electron chi connectivity index (χ1n) is 18.3. The molecule has 300 valence electrons. The highest BCUT2D eigenvalue weighted by Gasteiger charge is 2.71. The molecule has 8 rings (SSSR count). The lowest BCUT2D eigenvalue weighted by atomic mass is 9.49. The zero-order valence-electron chi connectivity index (χ0n) is 30.6. The number of nitrogens with one attached hydrogen (secondary N) is 1. The van der Waals surface area contributed by atoms with Gasteiger partial charge in [0, 0.05) is 23.6 Å². The van der Waals surface area contributed by atoms with E-state index in [1.165, 1.54) is 19.2 Å². The molecule has 3 fully saturated rings. The van der Waals surface area contributed by atoms with Crippen molar-refractivity contribution >= 4 is 58.3 Å². The van der Waals surface area contributed by atoms with Gasteiger partial charge in [0.2, 0.25) is 0 Å². The molecule has 0 spiro atoms. The lowest BCUT2D eigenvalue weighted by Crippen LogP contribution is -2.53. The Balaban J connectivity index is 1.30. The summed E-state index contributed by atoms with van der Waals surface area (Å²) in [5.41, 5.74) is 1.06. The van der Waals surface area contributed by atoms with Gasteiger partial charge in [-0.3, -0.25) is 29.6 Å². The average Bonchev–Trinajstić information content (AvgIpc) is 3.57. The van der Waals surface area contributed by atoms with Gasteiger partial charge < -0.3 is 9.84 Å². The van der Waals surface area contributed by atoms with Gasteiger partial charge in [0.05, 0.1) is 40.5 Å². The fraction of sp³-hybridized carbons (Fsp3) is 0.293. The number of phenols is 1. The number of halogens is 6. The number of carbonyl (C=O) groups is 4. The third kappa shape index (κ3) is 5.96. The van der Waals surface area contributed by atoms with Gasteiger partial charge in [0.15, 0.2) is 17.3 Å². The first-order chi connectivity index (χ1) is 27.6. The zero-order valence-corrected chi connectivity index (χ0v) is 32.1. The number of aromatic hydroxyl groups is 1. The van der Waals surface area contributed by atoms with E-state index < -0.39 is 82.1 Å². The SMILES string of the molecule is CCOc1cccc([C@H]2C3=CC[C@@H]4C(=O)N(N(C)c5nc(C(F)(F)F)ccc5Cl)C(=O)[C@@H]4[C@@H]3C[C@H]3C(=O)N(Nc4ccc(F)cc4)C(=O)[C@@]23c2ccc(Cl)cc2)c1O. The summed E-state index contributed by atoms with van der Waals surface area (Å²) in [5.74, 6) is -9.57. The van der Waals surface area contributed by atoms with Crippen LogP contribution in [0.2, 0.25) is 10.0 Å². The normalized spacial score (nSPS) is 25.3. The smallest absolute Gasteiger partial charge is 0.433 e. The van der Waals surface area contributed by atoms with Crippen molar-refractivity contribution in [2.75, 3.05) is 24.1 Å². The van der Waals surface area contributed by atoms with Crippen molar-refractivity contribution in [2.24, 2.45) is 23.7 Å². The number of amides is 4. The minimum atomic E-state index is -4.85. The Morgan fingerprint density at radius 3 is 2.33 bits per heavy atom. The third-order valence-electron chi connectivity index (χ3n) is 11.6. The van der Waals surface area contributed by atoms with E-state index in [9.17, 15) is 37.1 Å². The number of benzene rings is 3. The van der Waals surface area contributed by atoms with Gasteiger partial charge in [0.1, 0.15) is 11.5 Å². The van der Waals surface area contributed by atoms with Gasteiger partial charge >= 0.3 is 6.18 Å². The molecule has 0 radical (unpaired) electrons. The van der Waals surface area contributed by atoms with E-state index in [0.717, 1.165) is 33.2 Å². The maximum Gasteiger partial charge on any atom is 0.433 e. The number of nitrogens with zero attached hydrogens (tertiary/aromatic N) is 4. The molecule has 11 nitrogen and oxygen atoms in total. The van der Waals surface area contributed by atoms with Crippen molar-refractivity contribution in [2.45, 2.75) is 37.3 Å². The van der Waals surface area contributed by atoms with E-state index in [4.69, 9.17) is 27.9 Å². The van der Waals surface area contributed by atoms with Gasteiger partial charge in [-0.1, -0.05) is 59.1 Å². The number of para-hydroxylation sites is 1. The molecule has 58 heavy (non-hydrogen) atoms. The summed E-state index contributed by atoms with van der Waals surface area (Å²) in [4.78, 5) is 62.7. The standard InChI is InChI=1S/C41H33Cl2F4N5O6/c1-3-58-30-6-4-5-26(34(30)53)33-24-15-16-25-32(38(56)52(36(25)54)50(2)35-29(43)17-18-31(48-35)41(45,46)47)27(24)19-28-37(55)51(49-23-13-11-22(44)12-14-23)39(57)40(28,33)20-7-9-21(42)10-8-20/h4-15,17-18,25,27-28,32-33,49,53H,3,16,19H2,1-2H3/t25-,27+,28-,32-,33+,40+/m0/s1. The van der Waals surface area contributed by atoms with E-state index in [1.807, 2.05) is 0 Å². The van der Waals surface area contributed by atoms with Crippen molar-refractivity contribution < 1.29 is 46.6 Å². The molecule has 6 atom stereocenters. The maximum atomic E-state index is 15.3. The highest BCUT2D eigenvalue weighted by Crippen LogP contribution is 2.65. The number of imide groups is 2. The Kier molecular flexibility index (Phi) is 9.66. The predicted molar refractivity (Wildman–Crippen MR) is 203 cm³/mol. The quantitative estimate of drug-likeness (QED) is 0.104. The van der Waals surface area contributed by atoms with E-state index in [1.54, 1.807) is 55.5 Å². The number of allylic oxidation sites excluding steroid dienone is 2. The zero-order chi connectivity index (χ0) is 41.4. The van der Waals surface area contributed by atoms with E-state index in [-0.39, 0.29) is 47.2 Å². The molecular weight excluding hydrogens is 805 g/mol. The molecule has 2 aliphatic heterocycles. The van der Waals surface area contributed by atoms with Crippen molar-refractivity contribution in [1.82, 2.24) is 15.0 Å². The maximum absolute atomic E-state index is 15.3. The van der Waals surface area contributed by atoms with Gasteiger partial charge in [-0.2, -0.15) is 23.2 Å². The number of pyridine rings is 1. The summed E-state index contributed by atoms with van der Waals surface area (Å²) < 4.78 is 60.8. The van der Waals surface area contributed by atoms with Crippen LogP contribution in [0.25, 0.3) is 0 Å².